The lowest BCUT2D eigenvalue weighted by Crippen LogP contribution is -2.21. The van der Waals surface area contributed by atoms with Crippen molar-refractivity contribution in [2.24, 2.45) is 0 Å². The van der Waals surface area contributed by atoms with Crippen LogP contribution in [0.1, 0.15) is 5.56 Å². The number of aryl methyl sites for hydroxylation is 1. The quantitative estimate of drug-likeness (QED) is 0.476. The summed E-state index contributed by atoms with van der Waals surface area (Å²) in [6.07, 6.45) is 0. The van der Waals surface area contributed by atoms with Gasteiger partial charge in [-0.3, -0.25) is 10.1 Å². The van der Waals surface area contributed by atoms with Crippen LogP contribution in [0.4, 0.5) is 5.95 Å². The zero-order chi connectivity index (χ0) is 19.7. The molecular formula is C19H14Cl2N4O2S. The number of rotatable bonds is 5. The normalized spacial score (nSPS) is 11.0. The van der Waals surface area contributed by atoms with Gasteiger partial charge in [-0.05, 0) is 42.8 Å². The third kappa shape index (κ3) is 3.96. The summed E-state index contributed by atoms with van der Waals surface area (Å²) in [5.74, 6) is 0.447. The van der Waals surface area contributed by atoms with E-state index in [9.17, 15) is 4.79 Å². The van der Waals surface area contributed by atoms with Gasteiger partial charge >= 0.3 is 0 Å². The molecule has 28 heavy (non-hydrogen) atoms. The second-order valence-electron chi connectivity index (χ2n) is 6.01. The fraction of sp³-hybridized carbons (Fsp3) is 0.105. The fourth-order valence-electron chi connectivity index (χ4n) is 2.57. The van der Waals surface area contributed by atoms with Crippen LogP contribution in [0, 0.1) is 6.92 Å². The first-order valence-electron chi connectivity index (χ1n) is 8.28. The first-order valence-corrected chi connectivity index (χ1v) is 9.92. The van der Waals surface area contributed by atoms with Crippen molar-refractivity contribution in [1.29, 1.82) is 0 Å². The maximum Gasteiger partial charge on any atom is 0.264 e. The second kappa shape index (κ2) is 7.79. The molecule has 4 rings (SSSR count). The van der Waals surface area contributed by atoms with Crippen LogP contribution in [0.2, 0.25) is 10.0 Å². The van der Waals surface area contributed by atoms with Crippen LogP contribution in [-0.2, 0) is 4.79 Å². The van der Waals surface area contributed by atoms with Gasteiger partial charge in [0.05, 0.1) is 5.69 Å². The van der Waals surface area contributed by atoms with Crippen LogP contribution in [0.3, 0.4) is 0 Å². The SMILES string of the molecule is Cc1cc(OCC(=O)Nc2nc3scc(-c4ccc(Cl)cc4)n3n2)ccc1Cl. The molecule has 0 saturated heterocycles. The molecule has 0 aliphatic rings. The Labute approximate surface area is 174 Å². The van der Waals surface area contributed by atoms with Crippen LogP contribution in [0.15, 0.2) is 47.8 Å². The average molecular weight is 433 g/mol. The van der Waals surface area contributed by atoms with Gasteiger partial charge in [0.2, 0.25) is 4.96 Å². The third-order valence-corrected chi connectivity index (χ3v) is 5.46. The van der Waals surface area contributed by atoms with Crippen molar-refractivity contribution in [2.45, 2.75) is 6.92 Å². The molecule has 0 unspecified atom stereocenters. The number of ether oxygens (including phenoxy) is 1. The van der Waals surface area contributed by atoms with Crippen LogP contribution in [-0.4, -0.2) is 27.1 Å². The second-order valence-corrected chi connectivity index (χ2v) is 7.69. The van der Waals surface area contributed by atoms with Gasteiger partial charge in [-0.25, -0.2) is 4.52 Å². The van der Waals surface area contributed by atoms with Crippen molar-refractivity contribution in [3.05, 3.63) is 63.5 Å². The molecule has 0 fully saturated rings. The van der Waals surface area contributed by atoms with E-state index in [1.54, 1.807) is 22.7 Å². The molecule has 4 aromatic rings. The van der Waals surface area contributed by atoms with Crippen molar-refractivity contribution in [2.75, 3.05) is 11.9 Å². The molecule has 0 radical (unpaired) electrons. The van der Waals surface area contributed by atoms with Crippen LogP contribution >= 0.6 is 34.5 Å². The highest BCUT2D eigenvalue weighted by Gasteiger charge is 2.14. The first-order chi connectivity index (χ1) is 13.5. The lowest BCUT2D eigenvalue weighted by Gasteiger charge is -2.07. The van der Waals surface area contributed by atoms with E-state index in [1.807, 2.05) is 36.6 Å². The molecule has 1 amide bonds. The minimum Gasteiger partial charge on any atom is -0.484 e. The summed E-state index contributed by atoms with van der Waals surface area (Å²) in [5.41, 5.74) is 2.71. The van der Waals surface area contributed by atoms with Crippen molar-refractivity contribution in [3.8, 4) is 17.0 Å². The van der Waals surface area contributed by atoms with Gasteiger partial charge in [0.1, 0.15) is 5.75 Å². The van der Waals surface area contributed by atoms with Gasteiger partial charge in [-0.15, -0.1) is 16.4 Å². The van der Waals surface area contributed by atoms with Gasteiger partial charge in [-0.2, -0.15) is 4.98 Å². The van der Waals surface area contributed by atoms with E-state index in [0.717, 1.165) is 16.8 Å². The third-order valence-electron chi connectivity index (χ3n) is 3.97. The van der Waals surface area contributed by atoms with Gasteiger partial charge in [-0.1, -0.05) is 35.3 Å². The maximum atomic E-state index is 12.2. The van der Waals surface area contributed by atoms with Crippen molar-refractivity contribution >= 4 is 51.4 Å². The number of nitrogens with zero attached hydrogens (tertiary/aromatic N) is 3. The van der Waals surface area contributed by atoms with Crippen molar-refractivity contribution in [1.82, 2.24) is 14.6 Å². The number of fused-ring (bicyclic) bond motifs is 1. The molecule has 0 aliphatic heterocycles. The van der Waals surface area contributed by atoms with Crippen LogP contribution in [0.5, 0.6) is 5.75 Å². The summed E-state index contributed by atoms with van der Waals surface area (Å²) in [4.78, 5) is 17.2. The molecule has 0 spiro atoms. The van der Waals surface area contributed by atoms with E-state index in [-0.39, 0.29) is 18.5 Å². The Hall–Kier alpha value is -2.61. The topological polar surface area (TPSA) is 68.5 Å². The Bertz CT molecular complexity index is 1150. The lowest BCUT2D eigenvalue weighted by molar-refractivity contribution is -0.118. The van der Waals surface area contributed by atoms with Gasteiger partial charge in [0, 0.05) is 21.0 Å². The molecule has 0 atom stereocenters. The number of hydrogen-bond donors (Lipinski definition) is 1. The van der Waals surface area contributed by atoms with Gasteiger partial charge in [0.15, 0.2) is 6.61 Å². The molecule has 0 bridgehead atoms. The largest absolute Gasteiger partial charge is 0.484 e. The Balaban J connectivity index is 1.45. The minimum atomic E-state index is -0.348. The Morgan fingerprint density at radius 1 is 1.21 bits per heavy atom. The summed E-state index contributed by atoms with van der Waals surface area (Å²) < 4.78 is 7.18. The number of carbonyl (C=O) groups excluding carboxylic acids is 1. The maximum absolute atomic E-state index is 12.2. The number of halogens is 2. The zero-order valence-corrected chi connectivity index (χ0v) is 17.0. The van der Waals surface area contributed by atoms with Crippen molar-refractivity contribution in [3.63, 3.8) is 0 Å². The molecule has 2 aromatic heterocycles. The zero-order valence-electron chi connectivity index (χ0n) is 14.6. The van der Waals surface area contributed by atoms with Gasteiger partial charge < -0.3 is 4.74 Å². The highest BCUT2D eigenvalue weighted by atomic mass is 35.5. The van der Waals surface area contributed by atoms with Gasteiger partial charge in [0.25, 0.3) is 11.9 Å². The molecule has 2 aromatic carbocycles. The summed E-state index contributed by atoms with van der Waals surface area (Å²) >= 11 is 13.4. The minimum absolute atomic E-state index is 0.155. The molecule has 0 aliphatic carbocycles. The molecule has 0 saturated carbocycles. The summed E-state index contributed by atoms with van der Waals surface area (Å²) in [7, 11) is 0. The van der Waals surface area contributed by atoms with Crippen molar-refractivity contribution < 1.29 is 9.53 Å². The molecule has 142 valence electrons. The summed E-state index contributed by atoms with van der Waals surface area (Å²) in [5, 5.41) is 10.3. The number of hydrogen-bond acceptors (Lipinski definition) is 5. The molecular weight excluding hydrogens is 419 g/mol. The number of aromatic nitrogens is 3. The number of anilines is 1. The molecule has 1 N–H and O–H groups in total. The monoisotopic (exact) mass is 432 g/mol. The Kier molecular flexibility index (Phi) is 5.21. The molecule has 2 heterocycles. The molecule has 9 heteroatoms. The van der Waals surface area contributed by atoms with E-state index in [2.05, 4.69) is 15.4 Å². The van der Waals surface area contributed by atoms with E-state index < -0.39 is 0 Å². The van der Waals surface area contributed by atoms with E-state index in [0.29, 0.717) is 20.8 Å². The smallest absolute Gasteiger partial charge is 0.264 e. The lowest BCUT2D eigenvalue weighted by atomic mass is 10.2. The predicted molar refractivity (Wildman–Crippen MR) is 112 cm³/mol. The number of benzene rings is 2. The number of amides is 1. The van der Waals surface area contributed by atoms with Crippen LogP contribution < -0.4 is 10.1 Å². The summed E-state index contributed by atoms with van der Waals surface area (Å²) in [6, 6.07) is 12.7. The molecule has 6 nitrogen and oxygen atoms in total. The Morgan fingerprint density at radius 2 is 2.00 bits per heavy atom. The van der Waals surface area contributed by atoms with E-state index in [1.165, 1.54) is 11.3 Å². The first kappa shape index (κ1) is 18.7. The standard InChI is InChI=1S/C19H14Cl2N4O2S/c1-11-8-14(6-7-15(11)21)27-9-17(26)22-18-23-19-25(24-18)16(10-28-19)12-2-4-13(20)5-3-12/h2-8,10H,9H2,1H3,(H,22,24,26). The average Bonchev–Trinajstić information content (AvgIpc) is 3.23. The Morgan fingerprint density at radius 3 is 2.75 bits per heavy atom. The number of nitrogens with one attached hydrogen (secondary N) is 1. The fourth-order valence-corrected chi connectivity index (χ4v) is 3.64. The summed E-state index contributed by atoms with van der Waals surface area (Å²) in [6.45, 7) is 1.72. The van der Waals surface area contributed by atoms with E-state index in [4.69, 9.17) is 27.9 Å². The highest BCUT2D eigenvalue weighted by molar-refractivity contribution is 7.15. The van der Waals surface area contributed by atoms with E-state index >= 15 is 0 Å². The van der Waals surface area contributed by atoms with Crippen LogP contribution in [0.25, 0.3) is 16.2 Å². The number of thiazole rings is 1. The number of carbonyl (C=O) groups is 1. The predicted octanol–water partition coefficient (Wildman–Crippen LogP) is 5.09. The highest BCUT2D eigenvalue weighted by Crippen LogP contribution is 2.27.